The van der Waals surface area contributed by atoms with Crippen LogP contribution in [0.25, 0.3) is 10.9 Å². The number of phenolic OH excluding ortho intramolecular Hbond substituents is 1. The zero-order chi connectivity index (χ0) is 21.9. The highest BCUT2D eigenvalue weighted by atomic mass is 32.2. The molecule has 0 fully saturated rings. The number of nitrogens with zero attached hydrogens (tertiary/aromatic N) is 2. The fourth-order valence-corrected chi connectivity index (χ4v) is 5.18. The van der Waals surface area contributed by atoms with Crippen molar-refractivity contribution in [3.05, 3.63) is 95.6 Å². The maximum absolute atomic E-state index is 10.1. The van der Waals surface area contributed by atoms with E-state index in [-0.39, 0.29) is 11.0 Å². The average Bonchev–Trinajstić information content (AvgIpc) is 3.34. The molecule has 1 aliphatic carbocycles. The van der Waals surface area contributed by atoms with E-state index in [0.717, 1.165) is 27.1 Å². The zero-order valence-corrected chi connectivity index (χ0v) is 16.6. The van der Waals surface area contributed by atoms with Crippen molar-refractivity contribution in [2.75, 3.05) is 0 Å². The molecule has 0 radical (unpaired) electrons. The minimum Gasteiger partial charge on any atom is -0.506 e. The van der Waals surface area contributed by atoms with Crippen molar-refractivity contribution < 1.29 is 12.6 Å². The van der Waals surface area contributed by atoms with Gasteiger partial charge in [0.1, 0.15) is 17.0 Å². The summed E-state index contributed by atoms with van der Waals surface area (Å²) < 4.78 is 23.2. The van der Waals surface area contributed by atoms with Crippen LogP contribution in [0, 0.1) is 0 Å². The second-order valence-electron chi connectivity index (χ2n) is 7.28. The largest absolute Gasteiger partial charge is 0.506 e. The lowest BCUT2D eigenvalue weighted by Gasteiger charge is -2.10. The molecular formula is C25H18N2O2S. The summed E-state index contributed by atoms with van der Waals surface area (Å²) >= 11 is 1.60. The molecule has 0 saturated heterocycles. The molecule has 0 bridgehead atoms. The summed E-state index contributed by atoms with van der Waals surface area (Å²) in [6, 6.07) is 23.8. The van der Waals surface area contributed by atoms with E-state index in [4.69, 9.17) is 12.5 Å². The number of aromatic hydroxyl groups is 1. The average molecular weight is 413 g/mol. The predicted molar refractivity (Wildman–Crippen MR) is 121 cm³/mol. The van der Waals surface area contributed by atoms with E-state index in [9.17, 15) is 5.11 Å². The Morgan fingerprint density at radius 3 is 2.87 bits per heavy atom. The van der Waals surface area contributed by atoms with Gasteiger partial charge in [-0.3, -0.25) is 4.99 Å². The van der Waals surface area contributed by atoms with Crippen LogP contribution in [0.15, 0.2) is 83.9 Å². The molecule has 146 valence electrons. The lowest BCUT2D eigenvalue weighted by Crippen LogP contribution is -2.02. The van der Waals surface area contributed by atoms with Crippen LogP contribution in [-0.4, -0.2) is 21.2 Å². The van der Waals surface area contributed by atoms with E-state index in [1.807, 2.05) is 60.7 Å². The van der Waals surface area contributed by atoms with E-state index in [0.29, 0.717) is 17.1 Å². The maximum atomic E-state index is 10.1. The molecule has 2 atom stereocenters. The fraction of sp³-hybridized carbons (Fsp3) is 0.120. The van der Waals surface area contributed by atoms with Gasteiger partial charge in [-0.2, -0.15) is 0 Å². The summed E-state index contributed by atoms with van der Waals surface area (Å²) in [5, 5.41) is 11.7. The van der Waals surface area contributed by atoms with Crippen LogP contribution < -0.4 is 4.74 Å². The molecule has 0 spiro atoms. The fourth-order valence-electron chi connectivity index (χ4n) is 3.91. The highest BCUT2D eigenvalue weighted by molar-refractivity contribution is 8.15. The molecule has 5 heteroatoms. The Morgan fingerprint density at radius 2 is 1.90 bits per heavy atom. The van der Waals surface area contributed by atoms with Crippen LogP contribution in [-0.2, 0) is 6.37 Å². The Kier molecular flexibility index (Phi) is 3.56. The monoisotopic (exact) mass is 412 g/mol. The minimum atomic E-state index is -1.48. The third-order valence-electron chi connectivity index (χ3n) is 5.33. The van der Waals surface area contributed by atoms with Crippen LogP contribution in [0.5, 0.6) is 17.4 Å². The number of aliphatic imine (C=N–C) groups is 1. The summed E-state index contributed by atoms with van der Waals surface area (Å²) in [5.41, 5.74) is 3.15. The van der Waals surface area contributed by atoms with Gasteiger partial charge in [0.2, 0.25) is 5.88 Å². The van der Waals surface area contributed by atoms with E-state index >= 15 is 0 Å². The second-order valence-corrected chi connectivity index (χ2v) is 8.41. The number of pyridine rings is 1. The lowest BCUT2D eigenvalue weighted by atomic mass is 10.1. The Balaban J connectivity index is 1.30. The number of hydrogen-bond acceptors (Lipinski definition) is 5. The van der Waals surface area contributed by atoms with Crippen molar-refractivity contribution in [3.63, 3.8) is 0 Å². The Bertz CT molecular complexity index is 1410. The summed E-state index contributed by atoms with van der Waals surface area (Å²) in [6.45, 7) is 0. The minimum absolute atomic E-state index is 0.0223. The third-order valence-corrected chi connectivity index (χ3v) is 6.66. The molecule has 0 saturated carbocycles. The summed E-state index contributed by atoms with van der Waals surface area (Å²) in [5.74, 6) is 1.10. The van der Waals surface area contributed by atoms with Crippen LogP contribution in [0.4, 0.5) is 0 Å². The van der Waals surface area contributed by atoms with Crippen molar-refractivity contribution >= 4 is 27.7 Å². The van der Waals surface area contributed by atoms with Gasteiger partial charge < -0.3 is 9.84 Å². The number of thioether (sulfide) groups is 1. The highest BCUT2D eigenvalue weighted by Gasteiger charge is 2.38. The van der Waals surface area contributed by atoms with Crippen molar-refractivity contribution in [1.29, 1.82) is 0 Å². The predicted octanol–water partition coefficient (Wildman–Crippen LogP) is 5.89. The molecule has 0 unspecified atom stereocenters. The van der Waals surface area contributed by atoms with Gasteiger partial charge in [0.25, 0.3) is 0 Å². The molecule has 1 aromatic heterocycles. The summed E-state index contributed by atoms with van der Waals surface area (Å²) in [4.78, 5) is 9.22. The van der Waals surface area contributed by atoms with E-state index in [1.165, 1.54) is 0 Å². The number of fused-ring (bicyclic) bond motifs is 4. The van der Waals surface area contributed by atoms with E-state index < -0.39 is 12.4 Å². The highest BCUT2D eigenvalue weighted by Crippen LogP contribution is 2.49. The molecular weight excluding hydrogens is 392 g/mol. The first-order chi connectivity index (χ1) is 15.5. The molecule has 30 heavy (non-hydrogen) atoms. The van der Waals surface area contributed by atoms with Crippen molar-refractivity contribution in [1.82, 2.24) is 4.98 Å². The van der Waals surface area contributed by atoms with Gasteiger partial charge in [-0.15, -0.1) is 0 Å². The van der Waals surface area contributed by atoms with Gasteiger partial charge >= 0.3 is 0 Å². The molecule has 1 aliphatic heterocycles. The molecule has 0 amide bonds. The SMILES string of the molecule is [2H]C1([2H])c2ccccc2[C@H]2SC(c3cccc(Oc4ccc5cccc(O)c5n4)c3)=N[C@H]21. The van der Waals surface area contributed by atoms with Crippen molar-refractivity contribution in [2.45, 2.75) is 17.7 Å². The number of hydrogen-bond donors (Lipinski definition) is 1. The standard InChI is InChI=1S/C25H18N2O2S/c28-21-10-4-6-15-11-12-22(27-23(15)21)29-18-8-3-7-17(13-18)25-26-20-14-16-5-1-2-9-19(16)24(20)30-25/h1-13,20,24,28H,14H2/t20-,24+/m0/s1/i14D2. The van der Waals surface area contributed by atoms with Crippen molar-refractivity contribution in [2.24, 2.45) is 4.99 Å². The second kappa shape index (κ2) is 6.89. The first-order valence-corrected chi connectivity index (χ1v) is 10.6. The molecule has 1 N–H and O–H groups in total. The van der Waals surface area contributed by atoms with Gasteiger partial charge in [-0.05, 0) is 41.8 Å². The number of ether oxygens (including phenoxy) is 1. The Labute approximate surface area is 181 Å². The van der Waals surface area contributed by atoms with Crippen LogP contribution >= 0.6 is 11.8 Å². The van der Waals surface area contributed by atoms with Crippen LogP contribution in [0.1, 0.15) is 24.7 Å². The topological polar surface area (TPSA) is 54.7 Å². The van der Waals surface area contributed by atoms with E-state index in [2.05, 4.69) is 4.98 Å². The van der Waals surface area contributed by atoms with Gasteiger partial charge in [0.05, 0.1) is 16.3 Å². The number of phenols is 1. The number of aromatic nitrogens is 1. The van der Waals surface area contributed by atoms with Gasteiger partial charge in [-0.1, -0.05) is 60.3 Å². The summed E-state index contributed by atoms with van der Waals surface area (Å²) in [6.07, 6.45) is -1.48. The third kappa shape index (κ3) is 2.94. The van der Waals surface area contributed by atoms with Crippen molar-refractivity contribution in [3.8, 4) is 17.4 Å². The van der Waals surface area contributed by atoms with E-state index in [1.54, 1.807) is 30.0 Å². The van der Waals surface area contributed by atoms with Gasteiger partial charge in [0.15, 0.2) is 0 Å². The molecule has 3 aromatic carbocycles. The first-order valence-electron chi connectivity index (χ1n) is 10.7. The van der Waals surface area contributed by atoms with Gasteiger partial charge in [0, 0.05) is 19.8 Å². The van der Waals surface area contributed by atoms with Gasteiger partial charge in [-0.25, -0.2) is 4.98 Å². The number of benzene rings is 3. The normalized spacial score (nSPS) is 22.1. The Morgan fingerprint density at radius 1 is 1.00 bits per heavy atom. The number of rotatable bonds is 3. The van der Waals surface area contributed by atoms with Crippen LogP contribution in [0.2, 0.25) is 0 Å². The molecule has 4 aromatic rings. The Hall–Kier alpha value is -3.31. The van der Waals surface area contributed by atoms with Crippen LogP contribution in [0.3, 0.4) is 0 Å². The smallest absolute Gasteiger partial charge is 0.219 e. The first kappa shape index (κ1) is 15.5. The zero-order valence-electron chi connectivity index (χ0n) is 17.8. The summed E-state index contributed by atoms with van der Waals surface area (Å²) in [7, 11) is 0. The maximum Gasteiger partial charge on any atom is 0.219 e. The number of para-hydroxylation sites is 1. The molecule has 6 rings (SSSR count). The molecule has 4 nitrogen and oxygen atoms in total. The molecule has 2 heterocycles. The quantitative estimate of drug-likeness (QED) is 0.456. The lowest BCUT2D eigenvalue weighted by molar-refractivity contribution is 0.460. The molecule has 2 aliphatic rings.